The molecule has 0 atom stereocenters. The number of carbonyl (C=O) groups excluding carboxylic acids is 1. The zero-order valence-electron chi connectivity index (χ0n) is 14.1. The Kier molecular flexibility index (Phi) is 5.68. The molecule has 0 aliphatic heterocycles. The van der Waals surface area contributed by atoms with Gasteiger partial charge in [0.2, 0.25) is 21.7 Å². The molecule has 2 N–H and O–H groups in total. The first-order valence-electron chi connectivity index (χ1n) is 7.79. The molecule has 0 unspecified atom stereocenters. The van der Waals surface area contributed by atoms with Gasteiger partial charge in [-0.1, -0.05) is 39.3 Å². The Morgan fingerprint density at radius 3 is 2.70 bits per heavy atom. The SMILES string of the molecule is CNS(=O)(=O)c1cccc(C(=O)NCc2nc(-c3cccc(Br)c3)no2)c1. The van der Waals surface area contributed by atoms with Crippen molar-refractivity contribution in [2.75, 3.05) is 7.05 Å². The van der Waals surface area contributed by atoms with Gasteiger partial charge in [0.15, 0.2) is 0 Å². The van der Waals surface area contributed by atoms with Crippen LogP contribution in [0, 0.1) is 0 Å². The molecular formula is C17H15BrN4O4S. The number of halogens is 1. The number of carbonyl (C=O) groups is 1. The minimum atomic E-state index is -3.63. The van der Waals surface area contributed by atoms with E-state index in [4.69, 9.17) is 4.52 Å². The van der Waals surface area contributed by atoms with Crippen molar-refractivity contribution in [2.24, 2.45) is 0 Å². The van der Waals surface area contributed by atoms with Crippen molar-refractivity contribution >= 4 is 31.9 Å². The smallest absolute Gasteiger partial charge is 0.251 e. The quantitative estimate of drug-likeness (QED) is 0.595. The Hall–Kier alpha value is -2.56. The molecule has 0 spiro atoms. The molecule has 0 aliphatic carbocycles. The van der Waals surface area contributed by atoms with Gasteiger partial charge in [-0.25, -0.2) is 13.1 Å². The molecule has 0 saturated heterocycles. The summed E-state index contributed by atoms with van der Waals surface area (Å²) in [5.74, 6) is 0.186. The van der Waals surface area contributed by atoms with Gasteiger partial charge in [-0.3, -0.25) is 4.79 Å². The van der Waals surface area contributed by atoms with Crippen molar-refractivity contribution < 1.29 is 17.7 Å². The van der Waals surface area contributed by atoms with Gasteiger partial charge in [0.05, 0.1) is 11.4 Å². The second-order valence-electron chi connectivity index (χ2n) is 5.44. The van der Waals surface area contributed by atoms with Crippen LogP contribution in [0.1, 0.15) is 16.2 Å². The third-order valence-corrected chi connectivity index (χ3v) is 5.53. The highest BCUT2D eigenvalue weighted by Crippen LogP contribution is 2.20. The van der Waals surface area contributed by atoms with Gasteiger partial charge in [0.1, 0.15) is 0 Å². The maximum absolute atomic E-state index is 12.3. The van der Waals surface area contributed by atoms with Crippen LogP contribution in [0.15, 0.2) is 62.4 Å². The highest BCUT2D eigenvalue weighted by molar-refractivity contribution is 9.10. The molecule has 1 heterocycles. The van der Waals surface area contributed by atoms with E-state index in [2.05, 4.69) is 36.1 Å². The summed E-state index contributed by atoms with van der Waals surface area (Å²) in [4.78, 5) is 16.5. The van der Waals surface area contributed by atoms with Crippen molar-refractivity contribution in [1.82, 2.24) is 20.2 Å². The van der Waals surface area contributed by atoms with Crippen molar-refractivity contribution in [2.45, 2.75) is 11.4 Å². The molecule has 2 aromatic carbocycles. The third-order valence-electron chi connectivity index (χ3n) is 3.63. The summed E-state index contributed by atoms with van der Waals surface area (Å²) < 4.78 is 31.9. The van der Waals surface area contributed by atoms with Crippen LogP contribution in [0.25, 0.3) is 11.4 Å². The van der Waals surface area contributed by atoms with Crippen LogP contribution < -0.4 is 10.0 Å². The van der Waals surface area contributed by atoms with E-state index in [0.717, 1.165) is 10.0 Å². The Morgan fingerprint density at radius 2 is 1.96 bits per heavy atom. The predicted molar refractivity (Wildman–Crippen MR) is 101 cm³/mol. The molecule has 0 bridgehead atoms. The molecule has 1 amide bonds. The van der Waals surface area contributed by atoms with E-state index >= 15 is 0 Å². The van der Waals surface area contributed by atoms with E-state index in [9.17, 15) is 13.2 Å². The maximum atomic E-state index is 12.3. The lowest BCUT2D eigenvalue weighted by molar-refractivity contribution is 0.0946. The van der Waals surface area contributed by atoms with Gasteiger partial charge in [-0.05, 0) is 37.4 Å². The largest absolute Gasteiger partial charge is 0.343 e. The highest BCUT2D eigenvalue weighted by Gasteiger charge is 2.15. The number of sulfonamides is 1. The van der Waals surface area contributed by atoms with Crippen LogP contribution in [0.4, 0.5) is 0 Å². The first-order chi connectivity index (χ1) is 12.9. The van der Waals surface area contributed by atoms with Crippen LogP contribution >= 0.6 is 15.9 Å². The first kappa shape index (κ1) is 19.2. The number of hydrogen-bond acceptors (Lipinski definition) is 6. The second-order valence-corrected chi connectivity index (χ2v) is 8.24. The Labute approximate surface area is 164 Å². The van der Waals surface area contributed by atoms with E-state index in [1.807, 2.05) is 24.3 Å². The number of hydrogen-bond donors (Lipinski definition) is 2. The summed E-state index contributed by atoms with van der Waals surface area (Å²) in [7, 11) is -2.32. The molecule has 0 aliphatic rings. The topological polar surface area (TPSA) is 114 Å². The Morgan fingerprint density at radius 1 is 1.19 bits per heavy atom. The monoisotopic (exact) mass is 450 g/mol. The Balaban J connectivity index is 1.69. The maximum Gasteiger partial charge on any atom is 0.251 e. The molecular weight excluding hydrogens is 436 g/mol. The highest BCUT2D eigenvalue weighted by atomic mass is 79.9. The lowest BCUT2D eigenvalue weighted by Crippen LogP contribution is -2.24. The summed E-state index contributed by atoms with van der Waals surface area (Å²) in [6.07, 6.45) is 0. The van der Waals surface area contributed by atoms with Crippen LogP contribution in [0.5, 0.6) is 0 Å². The van der Waals surface area contributed by atoms with Crippen molar-refractivity contribution in [3.05, 3.63) is 64.5 Å². The number of rotatable bonds is 6. The minimum absolute atomic E-state index is 0.00683. The normalized spacial score (nSPS) is 11.3. The zero-order chi connectivity index (χ0) is 19.4. The first-order valence-corrected chi connectivity index (χ1v) is 10.1. The van der Waals surface area contributed by atoms with Crippen LogP contribution in [-0.4, -0.2) is 31.5 Å². The second kappa shape index (κ2) is 7.99. The van der Waals surface area contributed by atoms with Crippen LogP contribution in [-0.2, 0) is 16.6 Å². The summed E-state index contributed by atoms with van der Waals surface area (Å²) in [6.45, 7) is 0.0167. The van der Waals surface area contributed by atoms with Gasteiger partial charge in [0, 0.05) is 15.6 Å². The molecule has 0 radical (unpaired) electrons. The standard InChI is InChI=1S/C17H15BrN4O4S/c1-19-27(24,25)14-7-3-5-12(9-14)17(23)20-10-15-21-16(22-26-15)11-4-2-6-13(18)8-11/h2-9,19H,10H2,1H3,(H,20,23). The fourth-order valence-corrected chi connectivity index (χ4v) is 3.43. The lowest BCUT2D eigenvalue weighted by Gasteiger charge is -2.06. The van der Waals surface area contributed by atoms with E-state index in [0.29, 0.717) is 5.82 Å². The van der Waals surface area contributed by atoms with Gasteiger partial charge in [-0.15, -0.1) is 0 Å². The number of nitrogens with one attached hydrogen (secondary N) is 2. The third kappa shape index (κ3) is 4.59. The van der Waals surface area contributed by atoms with Gasteiger partial charge < -0.3 is 9.84 Å². The molecule has 140 valence electrons. The average Bonchev–Trinajstić information content (AvgIpc) is 3.15. The van der Waals surface area contributed by atoms with Gasteiger partial charge in [-0.2, -0.15) is 4.98 Å². The van der Waals surface area contributed by atoms with E-state index in [-0.39, 0.29) is 22.9 Å². The Bertz CT molecular complexity index is 1080. The van der Waals surface area contributed by atoms with E-state index < -0.39 is 15.9 Å². The number of aromatic nitrogens is 2. The molecule has 0 fully saturated rings. The van der Waals surface area contributed by atoms with Crippen molar-refractivity contribution in [3.8, 4) is 11.4 Å². The molecule has 8 nitrogen and oxygen atoms in total. The molecule has 27 heavy (non-hydrogen) atoms. The number of amides is 1. The molecule has 0 saturated carbocycles. The van der Waals surface area contributed by atoms with Crippen LogP contribution in [0.2, 0.25) is 0 Å². The fraction of sp³-hybridized carbons (Fsp3) is 0.118. The van der Waals surface area contributed by atoms with Crippen LogP contribution in [0.3, 0.4) is 0 Å². The minimum Gasteiger partial charge on any atom is -0.343 e. The summed E-state index contributed by atoms with van der Waals surface area (Å²) in [5, 5.41) is 6.52. The van der Waals surface area contributed by atoms with Crippen molar-refractivity contribution in [3.63, 3.8) is 0 Å². The van der Waals surface area contributed by atoms with Gasteiger partial charge in [0.25, 0.3) is 5.91 Å². The molecule has 10 heteroatoms. The molecule has 3 aromatic rings. The summed E-state index contributed by atoms with van der Waals surface area (Å²) in [5.41, 5.74) is 0.980. The predicted octanol–water partition coefficient (Wildman–Crippen LogP) is 2.34. The van der Waals surface area contributed by atoms with Crippen molar-refractivity contribution in [1.29, 1.82) is 0 Å². The molecule has 3 rings (SSSR count). The molecule has 1 aromatic heterocycles. The van der Waals surface area contributed by atoms with Gasteiger partial charge >= 0.3 is 0 Å². The summed E-state index contributed by atoms with van der Waals surface area (Å²) in [6, 6.07) is 13.1. The number of benzene rings is 2. The van der Waals surface area contributed by atoms with E-state index in [1.165, 1.54) is 31.3 Å². The summed E-state index contributed by atoms with van der Waals surface area (Å²) >= 11 is 3.38. The average molecular weight is 451 g/mol. The fourth-order valence-electron chi connectivity index (χ4n) is 2.25. The lowest BCUT2D eigenvalue weighted by atomic mass is 10.2. The zero-order valence-corrected chi connectivity index (χ0v) is 16.5. The number of nitrogens with zero attached hydrogens (tertiary/aromatic N) is 2. The van der Waals surface area contributed by atoms with E-state index in [1.54, 1.807) is 0 Å².